The normalized spacial score (nSPS) is 15.1. The van der Waals surface area contributed by atoms with Gasteiger partial charge in [-0.1, -0.05) is 23.5 Å². The molecule has 3 aromatic heterocycles. The molecule has 1 saturated heterocycles. The maximum Gasteiger partial charge on any atom is 0.188 e. The van der Waals surface area contributed by atoms with Crippen molar-refractivity contribution in [3.63, 3.8) is 0 Å². The van der Waals surface area contributed by atoms with Gasteiger partial charge in [0.25, 0.3) is 0 Å². The Morgan fingerprint density at radius 3 is 2.52 bits per heavy atom. The monoisotopic (exact) mass is 405 g/mol. The lowest BCUT2D eigenvalue weighted by atomic mass is 10.0. The molecule has 0 radical (unpaired) electrons. The van der Waals surface area contributed by atoms with Crippen LogP contribution >= 0.6 is 11.3 Å². The number of hydrogen-bond acceptors (Lipinski definition) is 6. The van der Waals surface area contributed by atoms with E-state index in [-0.39, 0.29) is 5.82 Å². The molecule has 1 aliphatic heterocycles. The van der Waals surface area contributed by atoms with Gasteiger partial charge in [0.15, 0.2) is 5.13 Å². The minimum absolute atomic E-state index is 0.154. The standard InChI is InChI=1S/C22H20FN5S/c23-19-14-17(16-5-8-24-9-6-16)3-4-18(19)15-27-10-12-28(13-11-27)22-26-20-2-1-7-25-21(20)29-22/h1-9,14H,10-13,15H2. The summed E-state index contributed by atoms with van der Waals surface area (Å²) in [5.41, 5.74) is 3.54. The summed E-state index contributed by atoms with van der Waals surface area (Å²) in [6.45, 7) is 4.16. The van der Waals surface area contributed by atoms with Crippen molar-refractivity contribution < 1.29 is 4.39 Å². The molecule has 0 spiro atoms. The highest BCUT2D eigenvalue weighted by atomic mass is 32.1. The van der Waals surface area contributed by atoms with Crippen LogP contribution in [0.1, 0.15) is 5.56 Å². The quantitative estimate of drug-likeness (QED) is 0.509. The van der Waals surface area contributed by atoms with Crippen LogP contribution in [0.15, 0.2) is 61.1 Å². The van der Waals surface area contributed by atoms with Crippen molar-refractivity contribution in [2.45, 2.75) is 6.54 Å². The number of nitrogens with zero attached hydrogens (tertiary/aromatic N) is 5. The van der Waals surface area contributed by atoms with Crippen LogP contribution in [0.25, 0.3) is 21.5 Å². The molecule has 5 nitrogen and oxygen atoms in total. The highest BCUT2D eigenvalue weighted by molar-refractivity contribution is 7.21. The van der Waals surface area contributed by atoms with E-state index in [1.165, 1.54) is 0 Å². The Balaban J connectivity index is 1.23. The number of halogens is 1. The number of fused-ring (bicyclic) bond motifs is 1. The van der Waals surface area contributed by atoms with Crippen LogP contribution in [0.3, 0.4) is 0 Å². The lowest BCUT2D eigenvalue weighted by molar-refractivity contribution is 0.246. The summed E-state index contributed by atoms with van der Waals surface area (Å²) < 4.78 is 14.7. The van der Waals surface area contributed by atoms with E-state index in [9.17, 15) is 4.39 Å². The fourth-order valence-corrected chi connectivity index (χ4v) is 4.59. The zero-order valence-electron chi connectivity index (χ0n) is 15.8. The second kappa shape index (κ2) is 7.85. The summed E-state index contributed by atoms with van der Waals surface area (Å²) in [6, 6.07) is 13.2. The van der Waals surface area contributed by atoms with Crippen LogP contribution < -0.4 is 4.90 Å². The Kier molecular flexibility index (Phi) is 4.91. The summed E-state index contributed by atoms with van der Waals surface area (Å²) in [4.78, 5) is 18.7. The minimum atomic E-state index is -0.154. The smallest absolute Gasteiger partial charge is 0.188 e. The van der Waals surface area contributed by atoms with Gasteiger partial charge in [0.1, 0.15) is 16.2 Å². The van der Waals surface area contributed by atoms with Gasteiger partial charge in [-0.2, -0.15) is 0 Å². The first-order chi connectivity index (χ1) is 14.3. The van der Waals surface area contributed by atoms with Crippen molar-refractivity contribution in [1.82, 2.24) is 19.9 Å². The highest BCUT2D eigenvalue weighted by Crippen LogP contribution is 2.28. The van der Waals surface area contributed by atoms with E-state index < -0.39 is 0 Å². The largest absolute Gasteiger partial charge is 0.345 e. The molecular weight excluding hydrogens is 385 g/mol. The third-order valence-corrected chi connectivity index (χ3v) is 6.30. The number of thiazole rings is 1. The number of benzene rings is 1. The number of aromatic nitrogens is 3. The van der Waals surface area contributed by atoms with E-state index in [1.54, 1.807) is 36.0 Å². The highest BCUT2D eigenvalue weighted by Gasteiger charge is 2.21. The third-order valence-electron chi connectivity index (χ3n) is 5.26. The van der Waals surface area contributed by atoms with Gasteiger partial charge in [0.2, 0.25) is 0 Å². The van der Waals surface area contributed by atoms with E-state index in [1.807, 2.05) is 36.4 Å². The number of anilines is 1. The van der Waals surface area contributed by atoms with Crippen LogP contribution in [0, 0.1) is 5.82 Å². The summed E-state index contributed by atoms with van der Waals surface area (Å²) in [6.07, 6.45) is 5.25. The van der Waals surface area contributed by atoms with E-state index in [2.05, 4.69) is 19.8 Å². The Morgan fingerprint density at radius 1 is 0.931 bits per heavy atom. The molecule has 0 atom stereocenters. The van der Waals surface area contributed by atoms with E-state index in [0.29, 0.717) is 6.54 Å². The third kappa shape index (κ3) is 3.83. The van der Waals surface area contributed by atoms with Crippen LogP contribution in [0.5, 0.6) is 0 Å². The van der Waals surface area contributed by atoms with Crippen molar-refractivity contribution in [3.05, 3.63) is 72.4 Å². The van der Waals surface area contributed by atoms with Crippen molar-refractivity contribution >= 4 is 26.8 Å². The van der Waals surface area contributed by atoms with Crippen LogP contribution in [0.4, 0.5) is 9.52 Å². The summed E-state index contributed by atoms with van der Waals surface area (Å²) in [5, 5.41) is 1.02. The lowest BCUT2D eigenvalue weighted by Gasteiger charge is -2.34. The average molecular weight is 406 g/mol. The van der Waals surface area contributed by atoms with Gasteiger partial charge < -0.3 is 4.90 Å². The van der Waals surface area contributed by atoms with Crippen LogP contribution in [-0.4, -0.2) is 46.0 Å². The zero-order chi connectivity index (χ0) is 19.6. The molecular formula is C22H20FN5S. The van der Waals surface area contributed by atoms with E-state index in [0.717, 1.165) is 58.3 Å². The molecule has 0 N–H and O–H groups in total. The van der Waals surface area contributed by atoms with Gasteiger partial charge >= 0.3 is 0 Å². The maximum atomic E-state index is 14.7. The van der Waals surface area contributed by atoms with Crippen LogP contribution in [-0.2, 0) is 6.54 Å². The fraction of sp³-hybridized carbons (Fsp3) is 0.227. The molecule has 146 valence electrons. The predicted molar refractivity (Wildman–Crippen MR) is 115 cm³/mol. The number of piperazine rings is 1. The zero-order valence-corrected chi connectivity index (χ0v) is 16.6. The Hall–Kier alpha value is -2.90. The van der Waals surface area contributed by atoms with Gasteiger partial charge in [-0.3, -0.25) is 9.88 Å². The van der Waals surface area contributed by atoms with Crippen LogP contribution in [0.2, 0.25) is 0 Å². The molecule has 29 heavy (non-hydrogen) atoms. The lowest BCUT2D eigenvalue weighted by Crippen LogP contribution is -2.46. The molecule has 4 heterocycles. The van der Waals surface area contributed by atoms with Crippen molar-refractivity contribution in [2.75, 3.05) is 31.1 Å². The molecule has 1 aromatic carbocycles. The Morgan fingerprint density at radius 2 is 1.76 bits per heavy atom. The summed E-state index contributed by atoms with van der Waals surface area (Å²) in [7, 11) is 0. The first-order valence-corrected chi connectivity index (χ1v) is 10.5. The summed E-state index contributed by atoms with van der Waals surface area (Å²) in [5.74, 6) is -0.154. The van der Waals surface area contributed by atoms with Gasteiger partial charge in [0, 0.05) is 56.9 Å². The fourth-order valence-electron chi connectivity index (χ4n) is 3.63. The van der Waals surface area contributed by atoms with Gasteiger partial charge in [-0.25, -0.2) is 14.4 Å². The first-order valence-electron chi connectivity index (χ1n) is 9.64. The number of rotatable bonds is 4. The van der Waals surface area contributed by atoms with Gasteiger partial charge in [-0.15, -0.1) is 0 Å². The molecule has 0 saturated carbocycles. The van der Waals surface area contributed by atoms with Gasteiger partial charge in [-0.05, 0) is 41.5 Å². The molecule has 7 heteroatoms. The molecule has 5 rings (SSSR count). The average Bonchev–Trinajstić information content (AvgIpc) is 3.20. The summed E-state index contributed by atoms with van der Waals surface area (Å²) >= 11 is 1.63. The van der Waals surface area contributed by atoms with Crippen molar-refractivity contribution in [2.24, 2.45) is 0 Å². The minimum Gasteiger partial charge on any atom is -0.345 e. The number of pyridine rings is 2. The topological polar surface area (TPSA) is 45.2 Å². The second-order valence-corrected chi connectivity index (χ2v) is 8.09. The maximum absolute atomic E-state index is 14.7. The number of hydrogen-bond donors (Lipinski definition) is 0. The molecule has 4 aromatic rings. The Labute approximate surface area is 172 Å². The molecule has 0 aliphatic carbocycles. The second-order valence-electron chi connectivity index (χ2n) is 7.13. The molecule has 0 amide bonds. The van der Waals surface area contributed by atoms with Crippen molar-refractivity contribution in [3.8, 4) is 11.1 Å². The molecule has 1 fully saturated rings. The van der Waals surface area contributed by atoms with Gasteiger partial charge in [0.05, 0.1) is 0 Å². The van der Waals surface area contributed by atoms with Crippen molar-refractivity contribution in [1.29, 1.82) is 0 Å². The van der Waals surface area contributed by atoms with E-state index >= 15 is 0 Å². The Bertz CT molecular complexity index is 1090. The molecule has 0 unspecified atom stereocenters. The predicted octanol–water partition coefficient (Wildman–Crippen LogP) is 4.21. The SMILES string of the molecule is Fc1cc(-c2ccncc2)ccc1CN1CCN(c2nc3cccnc3s2)CC1. The molecule has 1 aliphatic rings. The molecule has 0 bridgehead atoms. The first kappa shape index (κ1) is 18.1. The van der Waals surface area contributed by atoms with E-state index in [4.69, 9.17) is 4.98 Å².